The lowest BCUT2D eigenvalue weighted by atomic mass is 9.83. The molecule has 1 aliphatic rings. The molecule has 0 aliphatic heterocycles. The highest BCUT2D eigenvalue weighted by Crippen LogP contribution is 2.31. The van der Waals surface area contributed by atoms with Crippen LogP contribution in [0.1, 0.15) is 32.6 Å². The van der Waals surface area contributed by atoms with Crippen LogP contribution in [0.3, 0.4) is 0 Å². The fourth-order valence-corrected chi connectivity index (χ4v) is 2.70. The number of anilines is 1. The zero-order valence-corrected chi connectivity index (χ0v) is 11.3. The van der Waals surface area contributed by atoms with Crippen LogP contribution >= 0.6 is 0 Å². The summed E-state index contributed by atoms with van der Waals surface area (Å²) in [4.78, 5) is 0. The topological polar surface area (TPSA) is 44.5 Å². The van der Waals surface area contributed by atoms with Crippen LogP contribution in [0.5, 0.6) is 11.5 Å². The van der Waals surface area contributed by atoms with Gasteiger partial charge in [0.15, 0.2) is 0 Å². The SMILES string of the molecule is COc1ccc(OCC2CCCC(C)C2)c(N)c1. The highest BCUT2D eigenvalue weighted by molar-refractivity contribution is 5.56. The lowest BCUT2D eigenvalue weighted by Crippen LogP contribution is -2.19. The van der Waals surface area contributed by atoms with E-state index in [1.54, 1.807) is 13.2 Å². The van der Waals surface area contributed by atoms with E-state index >= 15 is 0 Å². The lowest BCUT2D eigenvalue weighted by molar-refractivity contribution is 0.183. The Morgan fingerprint density at radius 2 is 2.17 bits per heavy atom. The fraction of sp³-hybridized carbons (Fsp3) is 0.600. The molecule has 100 valence electrons. The van der Waals surface area contributed by atoms with Gasteiger partial charge >= 0.3 is 0 Å². The third-order valence-corrected chi connectivity index (χ3v) is 3.74. The second-order valence-electron chi connectivity index (χ2n) is 5.35. The number of nitrogens with two attached hydrogens (primary N) is 1. The zero-order valence-electron chi connectivity index (χ0n) is 11.3. The molecule has 1 aromatic rings. The maximum Gasteiger partial charge on any atom is 0.142 e. The molecule has 2 unspecified atom stereocenters. The number of nitrogen functional groups attached to an aromatic ring is 1. The van der Waals surface area contributed by atoms with Crippen molar-refractivity contribution >= 4 is 5.69 Å². The lowest BCUT2D eigenvalue weighted by Gasteiger charge is -2.26. The Morgan fingerprint density at radius 1 is 1.33 bits per heavy atom. The Balaban J connectivity index is 1.89. The Morgan fingerprint density at radius 3 is 2.83 bits per heavy atom. The van der Waals surface area contributed by atoms with Gasteiger partial charge in [-0.15, -0.1) is 0 Å². The van der Waals surface area contributed by atoms with Gasteiger partial charge in [0.25, 0.3) is 0 Å². The first-order chi connectivity index (χ1) is 8.69. The summed E-state index contributed by atoms with van der Waals surface area (Å²) in [5.74, 6) is 3.05. The first kappa shape index (κ1) is 13.1. The minimum atomic E-state index is 0.651. The second-order valence-corrected chi connectivity index (χ2v) is 5.35. The van der Waals surface area contributed by atoms with E-state index in [1.807, 2.05) is 12.1 Å². The molecule has 0 saturated heterocycles. The molecule has 1 saturated carbocycles. The molecule has 1 aliphatic carbocycles. The van der Waals surface area contributed by atoms with Crippen molar-refractivity contribution in [1.82, 2.24) is 0 Å². The summed E-state index contributed by atoms with van der Waals surface area (Å²) in [5, 5.41) is 0. The molecule has 2 atom stereocenters. The summed E-state index contributed by atoms with van der Waals surface area (Å²) in [6.45, 7) is 3.11. The second kappa shape index (κ2) is 5.98. The van der Waals surface area contributed by atoms with Gasteiger partial charge in [-0.2, -0.15) is 0 Å². The molecule has 1 fully saturated rings. The van der Waals surface area contributed by atoms with E-state index in [2.05, 4.69) is 6.92 Å². The van der Waals surface area contributed by atoms with E-state index in [9.17, 15) is 0 Å². The zero-order chi connectivity index (χ0) is 13.0. The van der Waals surface area contributed by atoms with Crippen molar-refractivity contribution in [3.05, 3.63) is 18.2 Å². The minimum Gasteiger partial charge on any atom is -0.497 e. The molecular weight excluding hydrogens is 226 g/mol. The number of benzene rings is 1. The first-order valence-electron chi connectivity index (χ1n) is 6.75. The third kappa shape index (κ3) is 3.31. The van der Waals surface area contributed by atoms with Crippen LogP contribution < -0.4 is 15.2 Å². The largest absolute Gasteiger partial charge is 0.497 e. The van der Waals surface area contributed by atoms with E-state index in [0.717, 1.165) is 24.0 Å². The molecule has 2 N–H and O–H groups in total. The average Bonchev–Trinajstić information content (AvgIpc) is 2.37. The molecule has 0 bridgehead atoms. The van der Waals surface area contributed by atoms with Crippen LogP contribution in [0.25, 0.3) is 0 Å². The molecule has 0 heterocycles. The molecule has 0 aromatic heterocycles. The summed E-state index contributed by atoms with van der Waals surface area (Å²) >= 11 is 0. The van der Waals surface area contributed by atoms with Crippen molar-refractivity contribution in [3.63, 3.8) is 0 Å². The number of rotatable bonds is 4. The first-order valence-corrected chi connectivity index (χ1v) is 6.75. The van der Waals surface area contributed by atoms with E-state index in [1.165, 1.54) is 25.7 Å². The highest BCUT2D eigenvalue weighted by atomic mass is 16.5. The third-order valence-electron chi connectivity index (χ3n) is 3.74. The van der Waals surface area contributed by atoms with Crippen LogP contribution in [-0.4, -0.2) is 13.7 Å². The van der Waals surface area contributed by atoms with Gasteiger partial charge in [0, 0.05) is 6.07 Å². The van der Waals surface area contributed by atoms with Gasteiger partial charge in [0.1, 0.15) is 11.5 Å². The number of methoxy groups -OCH3 is 1. The molecule has 3 heteroatoms. The summed E-state index contributed by atoms with van der Waals surface area (Å²) in [6.07, 6.45) is 5.24. The van der Waals surface area contributed by atoms with Gasteiger partial charge in [-0.1, -0.05) is 19.8 Å². The van der Waals surface area contributed by atoms with Gasteiger partial charge in [-0.3, -0.25) is 0 Å². The van der Waals surface area contributed by atoms with E-state index in [0.29, 0.717) is 11.6 Å². The van der Waals surface area contributed by atoms with Gasteiger partial charge in [-0.25, -0.2) is 0 Å². The predicted octanol–water partition coefficient (Wildman–Crippen LogP) is 3.48. The molecular formula is C15H23NO2. The fourth-order valence-electron chi connectivity index (χ4n) is 2.70. The molecule has 0 radical (unpaired) electrons. The monoisotopic (exact) mass is 249 g/mol. The van der Waals surface area contributed by atoms with Gasteiger partial charge in [0.2, 0.25) is 0 Å². The Hall–Kier alpha value is -1.38. The van der Waals surface area contributed by atoms with Crippen LogP contribution in [-0.2, 0) is 0 Å². The van der Waals surface area contributed by atoms with Crippen LogP contribution in [0.4, 0.5) is 5.69 Å². The van der Waals surface area contributed by atoms with Crippen molar-refractivity contribution in [1.29, 1.82) is 0 Å². The quantitative estimate of drug-likeness (QED) is 0.831. The van der Waals surface area contributed by atoms with Crippen molar-refractivity contribution in [2.75, 3.05) is 19.5 Å². The number of ether oxygens (including phenoxy) is 2. The maximum absolute atomic E-state index is 5.93. The summed E-state index contributed by atoms with van der Waals surface area (Å²) in [7, 11) is 1.64. The van der Waals surface area contributed by atoms with E-state index in [-0.39, 0.29) is 0 Å². The molecule has 0 spiro atoms. The number of hydrogen-bond donors (Lipinski definition) is 1. The normalized spacial score (nSPS) is 23.7. The highest BCUT2D eigenvalue weighted by Gasteiger charge is 2.19. The average molecular weight is 249 g/mol. The Kier molecular flexibility index (Phi) is 4.34. The smallest absolute Gasteiger partial charge is 0.142 e. The molecule has 1 aromatic carbocycles. The van der Waals surface area contributed by atoms with E-state index < -0.39 is 0 Å². The Bertz CT molecular complexity index is 392. The van der Waals surface area contributed by atoms with Crippen molar-refractivity contribution in [2.45, 2.75) is 32.6 Å². The molecule has 0 amide bonds. The van der Waals surface area contributed by atoms with Crippen molar-refractivity contribution < 1.29 is 9.47 Å². The van der Waals surface area contributed by atoms with Crippen LogP contribution in [0.15, 0.2) is 18.2 Å². The molecule has 18 heavy (non-hydrogen) atoms. The van der Waals surface area contributed by atoms with Crippen LogP contribution in [0, 0.1) is 11.8 Å². The van der Waals surface area contributed by atoms with E-state index in [4.69, 9.17) is 15.2 Å². The molecule has 2 rings (SSSR count). The Labute approximate surface area is 109 Å². The van der Waals surface area contributed by atoms with Gasteiger partial charge < -0.3 is 15.2 Å². The maximum atomic E-state index is 5.93. The van der Waals surface area contributed by atoms with Crippen molar-refractivity contribution in [3.8, 4) is 11.5 Å². The summed E-state index contributed by atoms with van der Waals surface area (Å²) in [6, 6.07) is 5.58. The van der Waals surface area contributed by atoms with Gasteiger partial charge in [-0.05, 0) is 36.8 Å². The predicted molar refractivity (Wildman–Crippen MR) is 74.0 cm³/mol. The summed E-state index contributed by atoms with van der Waals surface area (Å²) < 4.78 is 11.0. The summed E-state index contributed by atoms with van der Waals surface area (Å²) in [5.41, 5.74) is 6.59. The molecule has 3 nitrogen and oxygen atoms in total. The minimum absolute atomic E-state index is 0.651. The number of hydrogen-bond acceptors (Lipinski definition) is 3. The van der Waals surface area contributed by atoms with Crippen LogP contribution in [0.2, 0.25) is 0 Å². The van der Waals surface area contributed by atoms with Crippen molar-refractivity contribution in [2.24, 2.45) is 11.8 Å². The van der Waals surface area contributed by atoms with Gasteiger partial charge in [0.05, 0.1) is 19.4 Å². The standard InChI is InChI=1S/C15H23NO2/c1-11-4-3-5-12(8-11)10-18-15-7-6-13(17-2)9-14(15)16/h6-7,9,11-12H,3-5,8,10,16H2,1-2H3.